The first-order valence-corrected chi connectivity index (χ1v) is 6.39. The van der Waals surface area contributed by atoms with Gasteiger partial charge < -0.3 is 11.1 Å². The fourth-order valence-corrected chi connectivity index (χ4v) is 1.75. The van der Waals surface area contributed by atoms with Crippen LogP contribution in [0.4, 0.5) is 0 Å². The van der Waals surface area contributed by atoms with Gasteiger partial charge in [-0.2, -0.15) is 5.10 Å². The molecule has 0 radical (unpaired) electrons. The molecule has 0 spiro atoms. The van der Waals surface area contributed by atoms with Crippen molar-refractivity contribution in [2.45, 2.75) is 52.1 Å². The summed E-state index contributed by atoms with van der Waals surface area (Å²) in [4.78, 5) is 11.7. The van der Waals surface area contributed by atoms with Crippen LogP contribution < -0.4 is 11.1 Å². The van der Waals surface area contributed by atoms with Gasteiger partial charge in [-0.1, -0.05) is 6.92 Å². The lowest BCUT2D eigenvalue weighted by molar-refractivity contribution is -0.121. The van der Waals surface area contributed by atoms with Gasteiger partial charge in [0.2, 0.25) is 5.91 Å². The Kier molecular flexibility index (Phi) is 4.90. The molecule has 0 saturated carbocycles. The Labute approximate surface area is 109 Å². The van der Waals surface area contributed by atoms with Crippen LogP contribution in [0.15, 0.2) is 6.20 Å². The van der Waals surface area contributed by atoms with Crippen molar-refractivity contribution in [3.63, 3.8) is 0 Å². The quantitative estimate of drug-likeness (QED) is 0.796. The fraction of sp³-hybridized carbons (Fsp3) is 0.692. The van der Waals surface area contributed by atoms with Gasteiger partial charge in [-0.3, -0.25) is 9.48 Å². The zero-order chi connectivity index (χ0) is 13.8. The molecule has 5 heteroatoms. The molecule has 3 N–H and O–H groups in total. The van der Waals surface area contributed by atoms with Crippen LogP contribution in [-0.2, 0) is 24.8 Å². The second-order valence-electron chi connectivity index (χ2n) is 5.39. The lowest BCUT2D eigenvalue weighted by atomic mass is 10.00. The number of hydrogen-bond acceptors (Lipinski definition) is 3. The molecule has 0 fully saturated rings. The van der Waals surface area contributed by atoms with E-state index >= 15 is 0 Å². The van der Waals surface area contributed by atoms with Crippen LogP contribution in [0.1, 0.15) is 44.9 Å². The Balaban J connectivity index is 2.42. The molecular formula is C13H24N4O. The first-order chi connectivity index (χ1) is 8.31. The van der Waals surface area contributed by atoms with E-state index in [1.54, 1.807) is 4.68 Å². The number of aromatic nitrogens is 2. The van der Waals surface area contributed by atoms with Crippen molar-refractivity contribution in [3.05, 3.63) is 17.5 Å². The van der Waals surface area contributed by atoms with Crippen molar-refractivity contribution in [2.75, 3.05) is 0 Å². The van der Waals surface area contributed by atoms with Gasteiger partial charge in [0.05, 0.1) is 5.69 Å². The van der Waals surface area contributed by atoms with E-state index in [4.69, 9.17) is 5.73 Å². The SMILES string of the molecule is CCc1nn(C)cc1CNC(=O)CCC(C)(C)N. The summed E-state index contributed by atoms with van der Waals surface area (Å²) in [5, 5.41) is 7.25. The summed E-state index contributed by atoms with van der Waals surface area (Å²) in [6.07, 6.45) is 3.98. The van der Waals surface area contributed by atoms with Crippen molar-refractivity contribution >= 4 is 5.91 Å². The largest absolute Gasteiger partial charge is 0.352 e. The van der Waals surface area contributed by atoms with Crippen molar-refractivity contribution in [3.8, 4) is 0 Å². The molecule has 1 rings (SSSR count). The number of rotatable bonds is 6. The maximum atomic E-state index is 11.7. The van der Waals surface area contributed by atoms with Crippen LogP contribution in [0.25, 0.3) is 0 Å². The van der Waals surface area contributed by atoms with E-state index in [2.05, 4.69) is 17.3 Å². The van der Waals surface area contributed by atoms with Gasteiger partial charge in [-0.25, -0.2) is 0 Å². The van der Waals surface area contributed by atoms with E-state index < -0.39 is 0 Å². The third-order valence-electron chi connectivity index (χ3n) is 2.80. The van der Waals surface area contributed by atoms with E-state index in [1.165, 1.54) is 0 Å². The Morgan fingerprint density at radius 1 is 1.56 bits per heavy atom. The number of amides is 1. The van der Waals surface area contributed by atoms with Gasteiger partial charge in [0, 0.05) is 37.3 Å². The zero-order valence-electron chi connectivity index (χ0n) is 11.8. The molecule has 0 bridgehead atoms. The normalized spacial score (nSPS) is 11.6. The minimum atomic E-state index is -0.291. The maximum absolute atomic E-state index is 11.7. The number of nitrogens with two attached hydrogens (primary N) is 1. The Hall–Kier alpha value is -1.36. The average Bonchev–Trinajstić information content (AvgIpc) is 2.63. The molecule has 0 aliphatic rings. The minimum Gasteiger partial charge on any atom is -0.352 e. The third kappa shape index (κ3) is 4.87. The summed E-state index contributed by atoms with van der Waals surface area (Å²) in [6.45, 7) is 6.46. The van der Waals surface area contributed by atoms with Gasteiger partial charge >= 0.3 is 0 Å². The molecule has 18 heavy (non-hydrogen) atoms. The summed E-state index contributed by atoms with van der Waals surface area (Å²) < 4.78 is 1.78. The standard InChI is InChI=1S/C13H24N4O/c1-5-11-10(9-17(4)16-11)8-15-12(18)6-7-13(2,3)14/h9H,5-8,14H2,1-4H3,(H,15,18). The molecule has 0 aliphatic carbocycles. The predicted octanol–water partition coefficient (Wildman–Crippen LogP) is 1.12. The topological polar surface area (TPSA) is 72.9 Å². The van der Waals surface area contributed by atoms with Crippen molar-refractivity contribution < 1.29 is 4.79 Å². The third-order valence-corrected chi connectivity index (χ3v) is 2.80. The highest BCUT2D eigenvalue weighted by molar-refractivity contribution is 5.75. The van der Waals surface area contributed by atoms with Gasteiger partial charge in [0.15, 0.2) is 0 Å². The lowest BCUT2D eigenvalue weighted by Gasteiger charge is -2.17. The second kappa shape index (κ2) is 6.00. The van der Waals surface area contributed by atoms with E-state index in [0.717, 1.165) is 17.7 Å². The molecule has 0 saturated heterocycles. The zero-order valence-corrected chi connectivity index (χ0v) is 11.8. The molecule has 102 valence electrons. The Morgan fingerprint density at radius 2 is 2.22 bits per heavy atom. The molecule has 0 atom stereocenters. The van der Waals surface area contributed by atoms with E-state index in [-0.39, 0.29) is 11.4 Å². The maximum Gasteiger partial charge on any atom is 0.220 e. The molecule has 0 aromatic carbocycles. The molecule has 0 unspecified atom stereocenters. The molecule has 5 nitrogen and oxygen atoms in total. The summed E-state index contributed by atoms with van der Waals surface area (Å²) in [7, 11) is 1.89. The average molecular weight is 252 g/mol. The predicted molar refractivity (Wildman–Crippen MR) is 71.9 cm³/mol. The summed E-state index contributed by atoms with van der Waals surface area (Å²) >= 11 is 0. The van der Waals surface area contributed by atoms with Gasteiger partial charge in [0.25, 0.3) is 0 Å². The van der Waals surface area contributed by atoms with Crippen LogP contribution in [0.3, 0.4) is 0 Å². The molecule has 1 amide bonds. The first-order valence-electron chi connectivity index (χ1n) is 6.39. The monoisotopic (exact) mass is 252 g/mol. The highest BCUT2D eigenvalue weighted by Gasteiger charge is 2.13. The molecule has 1 aromatic rings. The number of hydrogen-bond donors (Lipinski definition) is 2. The number of nitrogens with one attached hydrogen (secondary N) is 1. The molecule has 1 aromatic heterocycles. The minimum absolute atomic E-state index is 0.0411. The van der Waals surface area contributed by atoms with Crippen LogP contribution in [0.2, 0.25) is 0 Å². The van der Waals surface area contributed by atoms with Crippen molar-refractivity contribution in [1.29, 1.82) is 0 Å². The smallest absolute Gasteiger partial charge is 0.220 e. The number of nitrogens with zero attached hydrogens (tertiary/aromatic N) is 2. The molecule has 0 aliphatic heterocycles. The number of carbonyl (C=O) groups excluding carboxylic acids is 1. The number of aryl methyl sites for hydroxylation is 2. The number of carbonyl (C=O) groups is 1. The summed E-state index contributed by atoms with van der Waals surface area (Å²) in [6, 6.07) is 0. The summed E-state index contributed by atoms with van der Waals surface area (Å²) in [5.41, 5.74) is 7.68. The summed E-state index contributed by atoms with van der Waals surface area (Å²) in [5.74, 6) is 0.0411. The fourth-order valence-electron chi connectivity index (χ4n) is 1.75. The Bertz CT molecular complexity index is 404. The second-order valence-corrected chi connectivity index (χ2v) is 5.39. The van der Waals surface area contributed by atoms with Gasteiger partial charge in [-0.05, 0) is 26.7 Å². The molecule has 1 heterocycles. The van der Waals surface area contributed by atoms with Crippen molar-refractivity contribution in [1.82, 2.24) is 15.1 Å². The van der Waals surface area contributed by atoms with E-state index in [1.807, 2.05) is 27.1 Å². The Morgan fingerprint density at radius 3 is 2.78 bits per heavy atom. The van der Waals surface area contributed by atoms with Crippen LogP contribution in [0.5, 0.6) is 0 Å². The molecular weight excluding hydrogens is 228 g/mol. The first kappa shape index (κ1) is 14.7. The van der Waals surface area contributed by atoms with Crippen LogP contribution in [0, 0.1) is 0 Å². The van der Waals surface area contributed by atoms with E-state index in [9.17, 15) is 4.79 Å². The highest BCUT2D eigenvalue weighted by Crippen LogP contribution is 2.09. The van der Waals surface area contributed by atoms with Gasteiger partial charge in [-0.15, -0.1) is 0 Å². The van der Waals surface area contributed by atoms with Gasteiger partial charge in [0.1, 0.15) is 0 Å². The highest BCUT2D eigenvalue weighted by atomic mass is 16.1. The van der Waals surface area contributed by atoms with Crippen LogP contribution >= 0.6 is 0 Å². The van der Waals surface area contributed by atoms with Crippen molar-refractivity contribution in [2.24, 2.45) is 12.8 Å². The lowest BCUT2D eigenvalue weighted by Crippen LogP contribution is -2.34. The van der Waals surface area contributed by atoms with Crippen LogP contribution in [-0.4, -0.2) is 21.2 Å². The van der Waals surface area contributed by atoms with E-state index in [0.29, 0.717) is 19.4 Å².